The van der Waals surface area contributed by atoms with Crippen LogP contribution in [0.1, 0.15) is 43.4 Å². The maximum Gasteiger partial charge on any atom is 0.0295 e. The van der Waals surface area contributed by atoms with Gasteiger partial charge >= 0.3 is 0 Å². The summed E-state index contributed by atoms with van der Waals surface area (Å²) in [6, 6.07) is 6.56. The van der Waals surface area contributed by atoms with Gasteiger partial charge in [-0.25, -0.2) is 0 Å². The summed E-state index contributed by atoms with van der Waals surface area (Å²) in [4.78, 5) is 0. The summed E-state index contributed by atoms with van der Waals surface area (Å²) in [7, 11) is 0. The summed E-state index contributed by atoms with van der Waals surface area (Å²) >= 11 is 3.53. The Hall–Kier alpha value is -0.340. The van der Waals surface area contributed by atoms with Gasteiger partial charge in [0, 0.05) is 10.5 Å². The maximum atomic E-state index is 6.08. The normalized spacial score (nSPS) is 12.9. The van der Waals surface area contributed by atoms with Crippen molar-refractivity contribution in [2.45, 2.75) is 39.2 Å². The van der Waals surface area contributed by atoms with Gasteiger partial charge in [0.05, 0.1) is 0 Å². The van der Waals surface area contributed by atoms with Gasteiger partial charge < -0.3 is 5.73 Å². The van der Waals surface area contributed by atoms with E-state index in [1.54, 1.807) is 0 Å². The number of nitrogens with two attached hydrogens (primary N) is 1. The molecule has 0 bridgehead atoms. The molecule has 0 aliphatic rings. The summed E-state index contributed by atoms with van der Waals surface area (Å²) in [5, 5.41) is 0. The van der Waals surface area contributed by atoms with Crippen molar-refractivity contribution in [3.63, 3.8) is 0 Å². The highest BCUT2D eigenvalue weighted by Gasteiger charge is 2.06. The molecule has 1 aromatic rings. The van der Waals surface area contributed by atoms with E-state index in [-0.39, 0.29) is 6.04 Å². The van der Waals surface area contributed by atoms with Crippen molar-refractivity contribution in [2.75, 3.05) is 0 Å². The Morgan fingerprint density at radius 2 is 2.14 bits per heavy atom. The molecule has 2 N–H and O–H groups in total. The van der Waals surface area contributed by atoms with Crippen molar-refractivity contribution in [2.24, 2.45) is 5.73 Å². The fourth-order valence-electron chi connectivity index (χ4n) is 1.43. The van der Waals surface area contributed by atoms with E-state index in [1.165, 1.54) is 24.0 Å². The van der Waals surface area contributed by atoms with Crippen LogP contribution in [0.3, 0.4) is 0 Å². The molecular formula is C12H18BrN. The van der Waals surface area contributed by atoms with Crippen LogP contribution in [-0.2, 0) is 0 Å². The molecule has 0 spiro atoms. The topological polar surface area (TPSA) is 26.0 Å². The van der Waals surface area contributed by atoms with E-state index in [4.69, 9.17) is 5.73 Å². The molecule has 0 aliphatic heterocycles. The molecule has 1 atom stereocenters. The minimum absolute atomic E-state index is 0.187. The maximum absolute atomic E-state index is 6.08. The van der Waals surface area contributed by atoms with Crippen LogP contribution in [0.2, 0.25) is 0 Å². The van der Waals surface area contributed by atoms with E-state index >= 15 is 0 Å². The summed E-state index contributed by atoms with van der Waals surface area (Å²) in [6.07, 6.45) is 3.49. The Kier molecular flexibility index (Phi) is 4.63. The standard InChI is InChI=1S/C12H18BrN/c1-3-4-5-12(14)10-7-6-9(2)11(13)8-10/h6-8,12H,3-5,14H2,1-2H3/t12-/m1/s1. The molecule has 0 aromatic heterocycles. The van der Waals surface area contributed by atoms with Crippen molar-refractivity contribution in [1.82, 2.24) is 0 Å². The quantitative estimate of drug-likeness (QED) is 0.867. The van der Waals surface area contributed by atoms with Crippen LogP contribution in [0.15, 0.2) is 22.7 Å². The first kappa shape index (κ1) is 11.7. The minimum atomic E-state index is 0.187. The van der Waals surface area contributed by atoms with Crippen molar-refractivity contribution < 1.29 is 0 Å². The number of hydrogen-bond donors (Lipinski definition) is 1. The average Bonchev–Trinajstić information content (AvgIpc) is 2.18. The van der Waals surface area contributed by atoms with Crippen LogP contribution >= 0.6 is 15.9 Å². The van der Waals surface area contributed by atoms with E-state index in [0.717, 1.165) is 10.9 Å². The van der Waals surface area contributed by atoms with Gasteiger partial charge in [-0.3, -0.25) is 0 Å². The van der Waals surface area contributed by atoms with Crippen molar-refractivity contribution in [3.8, 4) is 0 Å². The Morgan fingerprint density at radius 1 is 1.43 bits per heavy atom. The van der Waals surface area contributed by atoms with E-state index < -0.39 is 0 Å². The highest BCUT2D eigenvalue weighted by atomic mass is 79.9. The third-order valence-corrected chi connectivity index (χ3v) is 3.35. The van der Waals surface area contributed by atoms with Gasteiger partial charge in [0.15, 0.2) is 0 Å². The van der Waals surface area contributed by atoms with E-state index in [9.17, 15) is 0 Å². The van der Waals surface area contributed by atoms with Crippen LogP contribution in [0.5, 0.6) is 0 Å². The predicted molar refractivity (Wildman–Crippen MR) is 65.3 cm³/mol. The monoisotopic (exact) mass is 255 g/mol. The molecule has 0 aliphatic carbocycles. The number of halogens is 1. The van der Waals surface area contributed by atoms with Crippen molar-refractivity contribution >= 4 is 15.9 Å². The number of unbranched alkanes of at least 4 members (excludes halogenated alkanes) is 1. The zero-order valence-corrected chi connectivity index (χ0v) is 10.5. The highest BCUT2D eigenvalue weighted by Crippen LogP contribution is 2.23. The molecule has 1 aromatic carbocycles. The second-order valence-corrected chi connectivity index (χ2v) is 4.61. The Balaban J connectivity index is 2.70. The number of aryl methyl sites for hydroxylation is 1. The van der Waals surface area contributed by atoms with Gasteiger partial charge in [0.1, 0.15) is 0 Å². The summed E-state index contributed by atoms with van der Waals surface area (Å²) in [5.41, 5.74) is 8.57. The first-order valence-corrected chi connectivity index (χ1v) is 5.96. The van der Waals surface area contributed by atoms with Gasteiger partial charge in [-0.1, -0.05) is 47.8 Å². The Bertz CT molecular complexity index is 296. The SMILES string of the molecule is CCCC[C@@H](N)c1ccc(C)c(Br)c1. The molecule has 0 saturated heterocycles. The Labute approximate surface area is 94.8 Å². The molecule has 0 fully saturated rings. The van der Waals surface area contributed by atoms with Gasteiger partial charge in [-0.05, 0) is 30.5 Å². The highest BCUT2D eigenvalue weighted by molar-refractivity contribution is 9.10. The molecule has 0 radical (unpaired) electrons. The van der Waals surface area contributed by atoms with Gasteiger partial charge in [-0.15, -0.1) is 0 Å². The number of benzene rings is 1. The van der Waals surface area contributed by atoms with Crippen LogP contribution in [-0.4, -0.2) is 0 Å². The molecule has 0 unspecified atom stereocenters. The van der Waals surface area contributed by atoms with Crippen LogP contribution in [0.4, 0.5) is 0 Å². The molecule has 1 rings (SSSR count). The largest absolute Gasteiger partial charge is 0.324 e. The molecule has 0 amide bonds. The molecule has 0 heterocycles. The van der Waals surface area contributed by atoms with Gasteiger partial charge in [-0.2, -0.15) is 0 Å². The van der Waals surface area contributed by atoms with Crippen molar-refractivity contribution in [1.29, 1.82) is 0 Å². The lowest BCUT2D eigenvalue weighted by molar-refractivity contribution is 0.603. The summed E-state index contributed by atoms with van der Waals surface area (Å²) < 4.78 is 1.15. The van der Waals surface area contributed by atoms with Crippen LogP contribution in [0, 0.1) is 6.92 Å². The molecule has 1 nitrogen and oxygen atoms in total. The van der Waals surface area contributed by atoms with Gasteiger partial charge in [0.25, 0.3) is 0 Å². The summed E-state index contributed by atoms with van der Waals surface area (Å²) in [5.74, 6) is 0. The lowest BCUT2D eigenvalue weighted by Crippen LogP contribution is -2.09. The minimum Gasteiger partial charge on any atom is -0.324 e. The Morgan fingerprint density at radius 3 is 2.71 bits per heavy atom. The molecule has 78 valence electrons. The second-order valence-electron chi connectivity index (χ2n) is 3.76. The average molecular weight is 256 g/mol. The third kappa shape index (κ3) is 3.10. The molecular weight excluding hydrogens is 238 g/mol. The zero-order chi connectivity index (χ0) is 10.6. The zero-order valence-electron chi connectivity index (χ0n) is 8.89. The number of rotatable bonds is 4. The van der Waals surface area contributed by atoms with E-state index in [2.05, 4.69) is 48.0 Å². The molecule has 14 heavy (non-hydrogen) atoms. The van der Waals surface area contributed by atoms with Crippen molar-refractivity contribution in [3.05, 3.63) is 33.8 Å². The fourth-order valence-corrected chi connectivity index (χ4v) is 1.83. The predicted octanol–water partition coefficient (Wildman–Crippen LogP) is 3.95. The first-order chi connectivity index (χ1) is 6.65. The van der Waals surface area contributed by atoms with Crippen LogP contribution in [0.25, 0.3) is 0 Å². The lowest BCUT2D eigenvalue weighted by atomic mass is 10.0. The first-order valence-electron chi connectivity index (χ1n) is 5.16. The molecule has 2 heteroatoms. The second kappa shape index (κ2) is 5.52. The smallest absolute Gasteiger partial charge is 0.0295 e. The molecule has 0 saturated carbocycles. The lowest BCUT2D eigenvalue weighted by Gasteiger charge is -2.12. The van der Waals surface area contributed by atoms with Crippen LogP contribution < -0.4 is 5.73 Å². The van der Waals surface area contributed by atoms with Gasteiger partial charge in [0.2, 0.25) is 0 Å². The number of hydrogen-bond acceptors (Lipinski definition) is 1. The fraction of sp³-hybridized carbons (Fsp3) is 0.500. The van der Waals surface area contributed by atoms with E-state index in [1.807, 2.05) is 0 Å². The third-order valence-electron chi connectivity index (χ3n) is 2.49. The summed E-state index contributed by atoms with van der Waals surface area (Å²) in [6.45, 7) is 4.28. The van der Waals surface area contributed by atoms with E-state index in [0.29, 0.717) is 0 Å².